The van der Waals surface area contributed by atoms with E-state index in [9.17, 15) is 5.11 Å². The molecule has 5 heteroatoms. The van der Waals surface area contributed by atoms with E-state index in [0.717, 1.165) is 6.42 Å². The maximum atomic E-state index is 9.98. The highest BCUT2D eigenvalue weighted by atomic mass is 16.5. The SMILES string of the molecule is CCCCCCCCCCCCCCCCCCOC[C@H](O)CN(CCO)CCO. The van der Waals surface area contributed by atoms with Crippen molar-refractivity contribution in [1.29, 1.82) is 0 Å². The average molecular weight is 432 g/mol. The zero-order chi connectivity index (χ0) is 22.1. The lowest BCUT2D eigenvalue weighted by Crippen LogP contribution is -2.38. The number of nitrogens with zero attached hydrogens (tertiary/aromatic N) is 1. The van der Waals surface area contributed by atoms with E-state index in [1.807, 2.05) is 4.90 Å². The first-order valence-corrected chi connectivity index (χ1v) is 12.9. The van der Waals surface area contributed by atoms with Crippen molar-refractivity contribution in [3.8, 4) is 0 Å². The van der Waals surface area contributed by atoms with E-state index >= 15 is 0 Å². The molecule has 0 aliphatic heterocycles. The van der Waals surface area contributed by atoms with Crippen LogP contribution in [0.1, 0.15) is 110 Å². The molecule has 0 radical (unpaired) electrons. The fourth-order valence-electron chi connectivity index (χ4n) is 3.90. The van der Waals surface area contributed by atoms with Gasteiger partial charge < -0.3 is 20.1 Å². The fourth-order valence-corrected chi connectivity index (χ4v) is 3.90. The quantitative estimate of drug-likeness (QED) is 0.179. The van der Waals surface area contributed by atoms with Gasteiger partial charge in [0.05, 0.1) is 25.9 Å². The zero-order valence-electron chi connectivity index (χ0n) is 20.0. The average Bonchev–Trinajstić information content (AvgIpc) is 2.73. The van der Waals surface area contributed by atoms with Crippen LogP contribution in [0.15, 0.2) is 0 Å². The van der Waals surface area contributed by atoms with E-state index in [4.69, 9.17) is 14.9 Å². The molecule has 0 aliphatic carbocycles. The molecule has 1 atom stereocenters. The van der Waals surface area contributed by atoms with Gasteiger partial charge in [0.25, 0.3) is 0 Å². The van der Waals surface area contributed by atoms with Crippen molar-refractivity contribution < 1.29 is 20.1 Å². The number of hydrogen-bond acceptors (Lipinski definition) is 5. The van der Waals surface area contributed by atoms with Crippen LogP contribution in [-0.2, 0) is 4.74 Å². The third kappa shape index (κ3) is 22.5. The van der Waals surface area contributed by atoms with E-state index in [-0.39, 0.29) is 13.2 Å². The van der Waals surface area contributed by atoms with E-state index in [0.29, 0.717) is 32.8 Å². The lowest BCUT2D eigenvalue weighted by molar-refractivity contribution is 0.0103. The first kappa shape index (κ1) is 29.8. The van der Waals surface area contributed by atoms with Crippen LogP contribution in [0, 0.1) is 0 Å². The van der Waals surface area contributed by atoms with Crippen molar-refractivity contribution in [2.75, 3.05) is 46.1 Å². The molecule has 0 aromatic carbocycles. The Morgan fingerprint density at radius 1 is 0.633 bits per heavy atom. The van der Waals surface area contributed by atoms with Crippen LogP contribution in [0.3, 0.4) is 0 Å². The van der Waals surface area contributed by atoms with Crippen LogP contribution in [0.25, 0.3) is 0 Å². The molecule has 0 heterocycles. The van der Waals surface area contributed by atoms with Crippen LogP contribution in [0.5, 0.6) is 0 Å². The molecular weight excluding hydrogens is 378 g/mol. The van der Waals surface area contributed by atoms with Gasteiger partial charge in [0.1, 0.15) is 0 Å². The second-order valence-corrected chi connectivity index (χ2v) is 8.78. The Balaban J connectivity index is 3.24. The number of rotatable bonds is 25. The van der Waals surface area contributed by atoms with Gasteiger partial charge in [0.15, 0.2) is 0 Å². The fraction of sp³-hybridized carbons (Fsp3) is 1.00. The van der Waals surface area contributed by atoms with Crippen molar-refractivity contribution in [3.63, 3.8) is 0 Å². The topological polar surface area (TPSA) is 73.2 Å². The van der Waals surface area contributed by atoms with E-state index in [2.05, 4.69) is 6.92 Å². The zero-order valence-corrected chi connectivity index (χ0v) is 20.0. The van der Waals surface area contributed by atoms with E-state index in [1.165, 1.54) is 96.3 Å². The van der Waals surface area contributed by atoms with Gasteiger partial charge in [-0.2, -0.15) is 0 Å². The third-order valence-electron chi connectivity index (χ3n) is 5.75. The molecule has 0 amide bonds. The molecule has 30 heavy (non-hydrogen) atoms. The third-order valence-corrected chi connectivity index (χ3v) is 5.75. The maximum Gasteiger partial charge on any atom is 0.0900 e. The van der Waals surface area contributed by atoms with Gasteiger partial charge in [-0.3, -0.25) is 4.90 Å². The normalized spacial score (nSPS) is 12.7. The highest BCUT2D eigenvalue weighted by Gasteiger charge is 2.11. The summed E-state index contributed by atoms with van der Waals surface area (Å²) >= 11 is 0. The monoisotopic (exact) mass is 431 g/mol. The molecule has 0 rings (SSSR count). The molecule has 0 spiro atoms. The summed E-state index contributed by atoms with van der Waals surface area (Å²) in [6, 6.07) is 0. The molecular formula is C25H53NO4. The minimum atomic E-state index is -0.566. The van der Waals surface area contributed by atoms with Crippen molar-refractivity contribution in [2.24, 2.45) is 0 Å². The predicted octanol–water partition coefficient (Wildman–Crippen LogP) is 4.91. The Morgan fingerprint density at radius 3 is 1.43 bits per heavy atom. The smallest absolute Gasteiger partial charge is 0.0900 e. The molecule has 0 unspecified atom stereocenters. The van der Waals surface area contributed by atoms with Gasteiger partial charge in [-0.25, -0.2) is 0 Å². The number of aliphatic hydroxyl groups is 3. The Kier molecular flexibility index (Phi) is 24.9. The first-order chi connectivity index (χ1) is 14.7. The maximum absolute atomic E-state index is 9.98. The van der Waals surface area contributed by atoms with Crippen LogP contribution in [-0.4, -0.2) is 72.4 Å². The molecule has 182 valence electrons. The summed E-state index contributed by atoms with van der Waals surface area (Å²) in [7, 11) is 0. The van der Waals surface area contributed by atoms with Gasteiger partial charge >= 0.3 is 0 Å². The molecule has 0 bridgehead atoms. The van der Waals surface area contributed by atoms with Crippen molar-refractivity contribution in [1.82, 2.24) is 4.90 Å². The van der Waals surface area contributed by atoms with Gasteiger partial charge in [0.2, 0.25) is 0 Å². The Bertz CT molecular complexity index is 312. The minimum Gasteiger partial charge on any atom is -0.395 e. The molecule has 0 aromatic rings. The molecule has 0 saturated carbocycles. The predicted molar refractivity (Wildman–Crippen MR) is 127 cm³/mol. The Hall–Kier alpha value is -0.200. The number of hydrogen-bond donors (Lipinski definition) is 3. The van der Waals surface area contributed by atoms with Gasteiger partial charge in [0, 0.05) is 26.2 Å². The summed E-state index contributed by atoms with van der Waals surface area (Å²) in [5.41, 5.74) is 0. The van der Waals surface area contributed by atoms with Gasteiger partial charge in [-0.1, -0.05) is 103 Å². The van der Waals surface area contributed by atoms with E-state index < -0.39 is 6.10 Å². The molecule has 5 nitrogen and oxygen atoms in total. The van der Waals surface area contributed by atoms with Gasteiger partial charge in [-0.15, -0.1) is 0 Å². The van der Waals surface area contributed by atoms with Crippen LogP contribution < -0.4 is 0 Å². The van der Waals surface area contributed by atoms with E-state index in [1.54, 1.807) is 0 Å². The highest BCUT2D eigenvalue weighted by Crippen LogP contribution is 2.13. The summed E-state index contributed by atoms with van der Waals surface area (Å²) in [4.78, 5) is 1.85. The number of unbranched alkanes of at least 4 members (excludes halogenated alkanes) is 15. The lowest BCUT2D eigenvalue weighted by atomic mass is 10.0. The standard InChI is InChI=1S/C25H53NO4/c1-2-3-4-5-6-7-8-9-10-11-12-13-14-15-16-17-22-30-24-25(29)23-26(18-20-27)19-21-28/h25,27-29H,2-24H2,1H3/t25-/m1/s1. The summed E-state index contributed by atoms with van der Waals surface area (Å²) in [5.74, 6) is 0. The summed E-state index contributed by atoms with van der Waals surface area (Å²) in [6.07, 6.45) is 21.2. The van der Waals surface area contributed by atoms with Crippen molar-refractivity contribution in [2.45, 2.75) is 116 Å². The largest absolute Gasteiger partial charge is 0.395 e. The van der Waals surface area contributed by atoms with Crippen molar-refractivity contribution >= 4 is 0 Å². The van der Waals surface area contributed by atoms with Crippen LogP contribution in [0.2, 0.25) is 0 Å². The Labute approximate surface area is 187 Å². The molecule has 0 aromatic heterocycles. The van der Waals surface area contributed by atoms with Crippen LogP contribution in [0.4, 0.5) is 0 Å². The first-order valence-electron chi connectivity index (χ1n) is 12.9. The summed E-state index contributed by atoms with van der Waals surface area (Å²) in [6.45, 7) is 4.75. The van der Waals surface area contributed by atoms with Crippen LogP contribution >= 0.6 is 0 Å². The summed E-state index contributed by atoms with van der Waals surface area (Å²) < 4.78 is 5.57. The molecule has 0 fully saturated rings. The minimum absolute atomic E-state index is 0.0345. The molecule has 3 N–H and O–H groups in total. The highest BCUT2D eigenvalue weighted by molar-refractivity contribution is 4.64. The number of ether oxygens (including phenoxy) is 1. The van der Waals surface area contributed by atoms with Gasteiger partial charge in [-0.05, 0) is 6.42 Å². The second kappa shape index (κ2) is 25.1. The van der Waals surface area contributed by atoms with Crippen molar-refractivity contribution in [3.05, 3.63) is 0 Å². The molecule has 0 aliphatic rings. The number of aliphatic hydroxyl groups excluding tert-OH is 3. The lowest BCUT2D eigenvalue weighted by Gasteiger charge is -2.23. The Morgan fingerprint density at radius 2 is 1.03 bits per heavy atom. The molecule has 0 saturated heterocycles. The second-order valence-electron chi connectivity index (χ2n) is 8.78. The summed E-state index contributed by atoms with van der Waals surface area (Å²) in [5, 5.41) is 27.9.